The van der Waals surface area contributed by atoms with Crippen LogP contribution in [0.4, 0.5) is 0 Å². The molecule has 0 radical (unpaired) electrons. The van der Waals surface area contributed by atoms with Crippen LogP contribution in [0.1, 0.15) is 18.4 Å². The Balaban J connectivity index is 2.01. The van der Waals surface area contributed by atoms with E-state index in [9.17, 15) is 4.79 Å². The Morgan fingerprint density at radius 3 is 2.73 bits per heavy atom. The molecule has 1 aromatic rings. The van der Waals surface area contributed by atoms with Crippen molar-refractivity contribution in [2.24, 2.45) is 5.92 Å². The van der Waals surface area contributed by atoms with Crippen LogP contribution in [-0.4, -0.2) is 17.6 Å². The molecule has 1 saturated heterocycles. The molecule has 3 nitrogen and oxygen atoms in total. The van der Waals surface area contributed by atoms with Crippen LogP contribution >= 0.6 is 0 Å². The summed E-state index contributed by atoms with van der Waals surface area (Å²) in [6, 6.07) is 7.07. The summed E-state index contributed by atoms with van der Waals surface area (Å²) in [6.07, 6.45) is 2.80. The maximum atomic E-state index is 11.5. The lowest BCUT2D eigenvalue weighted by atomic mass is 9.91. The zero-order chi connectivity index (χ0) is 10.7. The summed E-state index contributed by atoms with van der Waals surface area (Å²) in [6.45, 7) is 0.810. The van der Waals surface area contributed by atoms with Crippen molar-refractivity contribution in [1.29, 1.82) is 0 Å². The number of phenols is 1. The molecule has 80 valence electrons. The van der Waals surface area contributed by atoms with Crippen LogP contribution in [0.3, 0.4) is 0 Å². The molecule has 1 aliphatic rings. The second-order valence-corrected chi connectivity index (χ2v) is 4.00. The quantitative estimate of drug-likeness (QED) is 0.768. The Hall–Kier alpha value is -1.51. The molecule has 2 N–H and O–H groups in total. The van der Waals surface area contributed by atoms with Crippen molar-refractivity contribution in [3.8, 4) is 5.75 Å². The summed E-state index contributed by atoms with van der Waals surface area (Å²) in [5.41, 5.74) is 1.11. The molecular weight excluding hydrogens is 190 g/mol. The smallest absolute Gasteiger partial charge is 0.223 e. The zero-order valence-electron chi connectivity index (χ0n) is 8.57. The molecular formula is C12H15NO2. The number of piperidine rings is 1. The number of aromatic hydroxyl groups is 1. The Bertz CT molecular complexity index is 345. The normalized spacial score (nSPS) is 21.1. The topological polar surface area (TPSA) is 49.3 Å². The minimum atomic E-state index is 0.100. The Labute approximate surface area is 89.1 Å². The molecule has 3 heteroatoms. The first-order chi connectivity index (χ1) is 7.25. The third-order valence-corrected chi connectivity index (χ3v) is 2.82. The van der Waals surface area contributed by atoms with Crippen molar-refractivity contribution in [2.45, 2.75) is 19.3 Å². The number of hydrogen-bond acceptors (Lipinski definition) is 2. The third-order valence-electron chi connectivity index (χ3n) is 2.82. The molecule has 0 aromatic heterocycles. The van der Waals surface area contributed by atoms with Crippen LogP contribution in [0.25, 0.3) is 0 Å². The van der Waals surface area contributed by atoms with Gasteiger partial charge in [0, 0.05) is 12.5 Å². The minimum absolute atomic E-state index is 0.100. The minimum Gasteiger partial charge on any atom is -0.508 e. The summed E-state index contributed by atoms with van der Waals surface area (Å²) in [5.74, 6) is 0.532. The lowest BCUT2D eigenvalue weighted by molar-refractivity contribution is -0.126. The molecule has 1 aliphatic heterocycles. The van der Waals surface area contributed by atoms with E-state index in [4.69, 9.17) is 5.11 Å². The van der Waals surface area contributed by atoms with Gasteiger partial charge in [-0.25, -0.2) is 0 Å². The van der Waals surface area contributed by atoms with Crippen molar-refractivity contribution >= 4 is 5.91 Å². The number of carbonyl (C=O) groups is 1. The Morgan fingerprint density at radius 2 is 2.07 bits per heavy atom. The largest absolute Gasteiger partial charge is 0.508 e. The average Bonchev–Trinajstić information content (AvgIpc) is 2.25. The number of amides is 1. The highest BCUT2D eigenvalue weighted by atomic mass is 16.3. The molecule has 0 bridgehead atoms. The van der Waals surface area contributed by atoms with Gasteiger partial charge in [0.2, 0.25) is 5.91 Å². The van der Waals surface area contributed by atoms with E-state index in [0.717, 1.165) is 31.4 Å². The molecule has 0 saturated carbocycles. The summed E-state index contributed by atoms with van der Waals surface area (Å²) >= 11 is 0. The summed E-state index contributed by atoms with van der Waals surface area (Å²) < 4.78 is 0. The molecule has 1 unspecified atom stereocenters. The highest BCUT2D eigenvalue weighted by Crippen LogP contribution is 2.19. The van der Waals surface area contributed by atoms with Crippen LogP contribution in [0.2, 0.25) is 0 Å². The lowest BCUT2D eigenvalue weighted by Crippen LogP contribution is -2.37. The number of phenolic OH excluding ortho intramolecular Hbond substituents is 1. The van der Waals surface area contributed by atoms with Crippen molar-refractivity contribution in [3.05, 3.63) is 29.8 Å². The van der Waals surface area contributed by atoms with E-state index in [1.165, 1.54) is 0 Å². The van der Waals surface area contributed by atoms with E-state index >= 15 is 0 Å². The maximum absolute atomic E-state index is 11.5. The first-order valence-corrected chi connectivity index (χ1v) is 5.31. The van der Waals surface area contributed by atoms with Gasteiger partial charge in [0.1, 0.15) is 5.75 Å². The fourth-order valence-corrected chi connectivity index (χ4v) is 1.95. The van der Waals surface area contributed by atoms with Gasteiger partial charge in [-0.05, 0) is 37.0 Å². The second-order valence-electron chi connectivity index (χ2n) is 4.00. The van der Waals surface area contributed by atoms with Gasteiger partial charge >= 0.3 is 0 Å². The molecule has 2 rings (SSSR count). The first kappa shape index (κ1) is 10.0. The van der Waals surface area contributed by atoms with Crippen LogP contribution in [0.15, 0.2) is 24.3 Å². The summed E-state index contributed by atoms with van der Waals surface area (Å²) in [4.78, 5) is 11.5. The highest BCUT2D eigenvalue weighted by molar-refractivity contribution is 5.79. The number of carbonyl (C=O) groups excluding carboxylic acids is 1. The van der Waals surface area contributed by atoms with Gasteiger partial charge in [0.25, 0.3) is 0 Å². The molecule has 0 spiro atoms. The van der Waals surface area contributed by atoms with Crippen molar-refractivity contribution in [1.82, 2.24) is 5.32 Å². The van der Waals surface area contributed by atoms with Crippen LogP contribution in [-0.2, 0) is 11.2 Å². The van der Waals surface area contributed by atoms with Crippen molar-refractivity contribution < 1.29 is 9.90 Å². The van der Waals surface area contributed by atoms with E-state index in [1.54, 1.807) is 12.1 Å². The second kappa shape index (κ2) is 4.34. The van der Waals surface area contributed by atoms with Gasteiger partial charge in [0.15, 0.2) is 0 Å². The van der Waals surface area contributed by atoms with Gasteiger partial charge < -0.3 is 10.4 Å². The Kier molecular flexibility index (Phi) is 2.90. The first-order valence-electron chi connectivity index (χ1n) is 5.31. The van der Waals surface area contributed by atoms with Crippen molar-refractivity contribution in [3.63, 3.8) is 0 Å². The third kappa shape index (κ3) is 2.49. The standard InChI is InChI=1S/C12H15NO2/c14-11-5-3-9(4-6-11)8-10-2-1-7-13-12(10)15/h3-6,10,14H,1-2,7-8H2,(H,13,15). The maximum Gasteiger partial charge on any atom is 0.223 e. The monoisotopic (exact) mass is 205 g/mol. The molecule has 1 heterocycles. The fraction of sp³-hybridized carbons (Fsp3) is 0.417. The number of nitrogens with one attached hydrogen (secondary N) is 1. The average molecular weight is 205 g/mol. The van der Waals surface area contributed by atoms with E-state index < -0.39 is 0 Å². The van der Waals surface area contributed by atoms with Gasteiger partial charge in [-0.2, -0.15) is 0 Å². The molecule has 1 fully saturated rings. The van der Waals surface area contributed by atoms with E-state index in [2.05, 4.69) is 5.32 Å². The molecule has 1 aromatic carbocycles. The summed E-state index contributed by atoms with van der Waals surface area (Å²) in [5, 5.41) is 12.0. The van der Waals surface area contributed by atoms with E-state index in [-0.39, 0.29) is 17.6 Å². The van der Waals surface area contributed by atoms with Gasteiger partial charge in [-0.15, -0.1) is 0 Å². The Morgan fingerprint density at radius 1 is 1.33 bits per heavy atom. The molecule has 1 amide bonds. The number of hydrogen-bond donors (Lipinski definition) is 2. The molecule has 1 atom stereocenters. The van der Waals surface area contributed by atoms with Gasteiger partial charge in [0.05, 0.1) is 0 Å². The number of rotatable bonds is 2. The summed E-state index contributed by atoms with van der Waals surface area (Å²) in [7, 11) is 0. The van der Waals surface area contributed by atoms with E-state index in [0.29, 0.717) is 0 Å². The number of benzene rings is 1. The molecule has 0 aliphatic carbocycles. The van der Waals surface area contributed by atoms with Crippen LogP contribution < -0.4 is 5.32 Å². The molecule has 15 heavy (non-hydrogen) atoms. The SMILES string of the molecule is O=C1NCCCC1Cc1ccc(O)cc1. The predicted octanol–water partition coefficient (Wildman–Crippen LogP) is 1.46. The van der Waals surface area contributed by atoms with Crippen LogP contribution in [0, 0.1) is 5.92 Å². The van der Waals surface area contributed by atoms with Crippen LogP contribution in [0.5, 0.6) is 5.75 Å². The zero-order valence-corrected chi connectivity index (χ0v) is 8.57. The predicted molar refractivity (Wildman–Crippen MR) is 57.5 cm³/mol. The van der Waals surface area contributed by atoms with Crippen molar-refractivity contribution in [2.75, 3.05) is 6.54 Å². The van der Waals surface area contributed by atoms with E-state index in [1.807, 2.05) is 12.1 Å². The van der Waals surface area contributed by atoms with Gasteiger partial charge in [-0.1, -0.05) is 12.1 Å². The lowest BCUT2D eigenvalue weighted by Gasteiger charge is -2.21. The fourth-order valence-electron chi connectivity index (χ4n) is 1.95. The highest BCUT2D eigenvalue weighted by Gasteiger charge is 2.21. The van der Waals surface area contributed by atoms with Gasteiger partial charge in [-0.3, -0.25) is 4.79 Å².